The molecule has 5 heteroatoms. The average molecular weight is 245 g/mol. The highest BCUT2D eigenvalue weighted by atomic mass is 28.4. The first-order valence-corrected chi connectivity index (χ1v) is 8.68. The van der Waals surface area contributed by atoms with E-state index in [4.69, 9.17) is 9.53 Å². The number of nitrogens with one attached hydrogen (secondary N) is 1. The molecule has 0 amide bonds. The fourth-order valence-electron chi connectivity index (χ4n) is 1.57. The lowest BCUT2D eigenvalue weighted by molar-refractivity contribution is -0.139. The topological polar surface area (TPSA) is 58.6 Å². The van der Waals surface area contributed by atoms with Crippen molar-refractivity contribution in [1.29, 1.82) is 0 Å². The molecule has 0 unspecified atom stereocenters. The van der Waals surface area contributed by atoms with Crippen molar-refractivity contribution in [3.8, 4) is 0 Å². The molecular formula is C11H23NO3Si. The third kappa shape index (κ3) is 3.05. The Morgan fingerprint density at radius 1 is 1.44 bits per heavy atom. The molecule has 1 saturated heterocycles. The monoisotopic (exact) mass is 245 g/mol. The summed E-state index contributed by atoms with van der Waals surface area (Å²) in [6.07, 6.45) is 0.643. The summed E-state index contributed by atoms with van der Waals surface area (Å²) in [6.45, 7) is 11.6. The van der Waals surface area contributed by atoms with Gasteiger partial charge >= 0.3 is 5.97 Å². The predicted octanol–water partition coefficient (Wildman–Crippen LogP) is 1.82. The van der Waals surface area contributed by atoms with Gasteiger partial charge in [0.2, 0.25) is 0 Å². The van der Waals surface area contributed by atoms with Crippen LogP contribution in [0.4, 0.5) is 0 Å². The van der Waals surface area contributed by atoms with Gasteiger partial charge in [-0.25, -0.2) is 0 Å². The lowest BCUT2D eigenvalue weighted by Gasteiger charge is -2.38. The van der Waals surface area contributed by atoms with Crippen molar-refractivity contribution >= 4 is 14.3 Å². The molecule has 4 nitrogen and oxygen atoms in total. The fraction of sp³-hybridized carbons (Fsp3) is 0.909. The first-order chi connectivity index (χ1) is 7.13. The molecule has 0 bridgehead atoms. The Morgan fingerprint density at radius 3 is 2.38 bits per heavy atom. The summed E-state index contributed by atoms with van der Waals surface area (Å²) >= 11 is 0. The Hall–Kier alpha value is -0.393. The molecule has 1 rings (SSSR count). The zero-order valence-corrected chi connectivity index (χ0v) is 11.8. The van der Waals surface area contributed by atoms with Crippen LogP contribution in [0.2, 0.25) is 18.1 Å². The van der Waals surface area contributed by atoms with E-state index < -0.39 is 20.3 Å². The van der Waals surface area contributed by atoms with Gasteiger partial charge in [0, 0.05) is 6.54 Å². The summed E-state index contributed by atoms with van der Waals surface area (Å²) < 4.78 is 6.16. The van der Waals surface area contributed by atoms with Crippen LogP contribution in [0.3, 0.4) is 0 Å². The molecule has 0 spiro atoms. The Labute approximate surface area is 98.5 Å². The van der Waals surface area contributed by atoms with Gasteiger partial charge in [0.25, 0.3) is 0 Å². The number of carboxylic acids is 1. The molecule has 0 saturated carbocycles. The minimum absolute atomic E-state index is 0.0574. The quantitative estimate of drug-likeness (QED) is 0.745. The van der Waals surface area contributed by atoms with Crippen LogP contribution in [-0.2, 0) is 9.22 Å². The number of hydrogen-bond donors (Lipinski definition) is 2. The molecule has 0 aromatic carbocycles. The van der Waals surface area contributed by atoms with E-state index in [9.17, 15) is 4.79 Å². The Morgan fingerprint density at radius 2 is 2.00 bits per heavy atom. The van der Waals surface area contributed by atoms with E-state index in [0.717, 1.165) is 0 Å². The van der Waals surface area contributed by atoms with Crippen LogP contribution in [0.25, 0.3) is 0 Å². The van der Waals surface area contributed by atoms with Crippen LogP contribution in [0, 0.1) is 0 Å². The zero-order chi connectivity index (χ0) is 12.6. The van der Waals surface area contributed by atoms with Gasteiger partial charge < -0.3 is 14.8 Å². The zero-order valence-electron chi connectivity index (χ0n) is 10.8. The van der Waals surface area contributed by atoms with Crippen molar-refractivity contribution in [1.82, 2.24) is 5.32 Å². The van der Waals surface area contributed by atoms with Gasteiger partial charge in [-0.1, -0.05) is 20.8 Å². The van der Waals surface area contributed by atoms with Crippen LogP contribution < -0.4 is 5.32 Å². The lowest BCUT2D eigenvalue weighted by atomic mass is 10.2. The minimum Gasteiger partial charge on any atom is -0.480 e. The maximum Gasteiger partial charge on any atom is 0.320 e. The smallest absolute Gasteiger partial charge is 0.320 e. The Bertz CT molecular complexity index is 273. The molecule has 0 radical (unpaired) electrons. The third-order valence-corrected chi connectivity index (χ3v) is 8.19. The second kappa shape index (κ2) is 4.47. The van der Waals surface area contributed by atoms with E-state index in [-0.39, 0.29) is 11.1 Å². The van der Waals surface area contributed by atoms with Gasteiger partial charge in [-0.3, -0.25) is 4.79 Å². The van der Waals surface area contributed by atoms with Crippen molar-refractivity contribution in [3.63, 3.8) is 0 Å². The van der Waals surface area contributed by atoms with E-state index >= 15 is 0 Å². The molecule has 0 aromatic heterocycles. The predicted molar refractivity (Wildman–Crippen MR) is 66.1 cm³/mol. The summed E-state index contributed by atoms with van der Waals surface area (Å²) in [7, 11) is -1.77. The normalized spacial score (nSPS) is 27.1. The number of rotatable bonds is 3. The van der Waals surface area contributed by atoms with Gasteiger partial charge in [0.15, 0.2) is 8.32 Å². The first kappa shape index (κ1) is 13.7. The van der Waals surface area contributed by atoms with E-state index in [1.54, 1.807) is 0 Å². The molecule has 2 N–H and O–H groups in total. The van der Waals surface area contributed by atoms with Gasteiger partial charge in [0.05, 0.1) is 6.10 Å². The van der Waals surface area contributed by atoms with Crippen LogP contribution in [-0.4, -0.2) is 38.1 Å². The molecule has 1 heterocycles. The van der Waals surface area contributed by atoms with E-state index in [1.165, 1.54) is 0 Å². The Balaban J connectivity index is 2.54. The highest BCUT2D eigenvalue weighted by molar-refractivity contribution is 6.74. The lowest BCUT2D eigenvalue weighted by Crippen LogP contribution is -2.44. The van der Waals surface area contributed by atoms with Gasteiger partial charge in [-0.15, -0.1) is 0 Å². The van der Waals surface area contributed by atoms with Crippen LogP contribution in [0.1, 0.15) is 27.2 Å². The van der Waals surface area contributed by atoms with Crippen molar-refractivity contribution in [3.05, 3.63) is 0 Å². The van der Waals surface area contributed by atoms with Gasteiger partial charge in [0.1, 0.15) is 6.04 Å². The molecule has 1 aliphatic rings. The number of hydrogen-bond acceptors (Lipinski definition) is 3. The van der Waals surface area contributed by atoms with Gasteiger partial charge in [-0.2, -0.15) is 0 Å². The molecule has 2 atom stereocenters. The maximum atomic E-state index is 10.8. The maximum absolute atomic E-state index is 10.8. The van der Waals surface area contributed by atoms with E-state index in [2.05, 4.69) is 39.2 Å². The highest BCUT2D eigenvalue weighted by Gasteiger charge is 2.41. The second-order valence-corrected chi connectivity index (χ2v) is 10.8. The summed E-state index contributed by atoms with van der Waals surface area (Å²) in [6, 6.07) is -0.435. The second-order valence-electron chi connectivity index (χ2n) is 6.03. The third-order valence-electron chi connectivity index (χ3n) is 3.66. The summed E-state index contributed by atoms with van der Waals surface area (Å²) in [5, 5.41) is 12.0. The van der Waals surface area contributed by atoms with Crippen molar-refractivity contribution < 1.29 is 14.3 Å². The molecule has 0 aromatic rings. The summed E-state index contributed by atoms with van der Waals surface area (Å²) in [5.74, 6) is -0.777. The van der Waals surface area contributed by atoms with E-state index in [0.29, 0.717) is 13.0 Å². The van der Waals surface area contributed by atoms with Crippen LogP contribution in [0.15, 0.2) is 0 Å². The summed E-state index contributed by atoms with van der Waals surface area (Å²) in [5.41, 5.74) is 0. The molecule has 0 aliphatic carbocycles. The fourth-order valence-corrected chi connectivity index (χ4v) is 2.94. The molecule has 1 fully saturated rings. The van der Waals surface area contributed by atoms with Gasteiger partial charge in [-0.05, 0) is 24.6 Å². The molecule has 1 aliphatic heterocycles. The van der Waals surface area contributed by atoms with Crippen LogP contribution >= 0.6 is 0 Å². The standard InChI is InChI=1S/C11H23NO3Si/c1-11(2,3)16(4,5)15-8-6-9(10(13)14)12-7-8/h8-9,12H,6-7H2,1-5H3,(H,13,14)/t8-,9+/m1/s1. The number of aliphatic carboxylic acids is 1. The summed E-state index contributed by atoms with van der Waals surface area (Å²) in [4.78, 5) is 10.8. The minimum atomic E-state index is -1.77. The van der Waals surface area contributed by atoms with Crippen molar-refractivity contribution in [2.45, 2.75) is 57.5 Å². The first-order valence-electron chi connectivity index (χ1n) is 5.77. The number of carbonyl (C=O) groups is 1. The Kier molecular flexibility index (Phi) is 3.82. The average Bonchev–Trinajstić information content (AvgIpc) is 2.49. The van der Waals surface area contributed by atoms with Crippen LogP contribution in [0.5, 0.6) is 0 Å². The molecule has 94 valence electrons. The van der Waals surface area contributed by atoms with Crippen molar-refractivity contribution in [2.75, 3.05) is 6.54 Å². The van der Waals surface area contributed by atoms with Crippen molar-refractivity contribution in [2.24, 2.45) is 0 Å². The molecular weight excluding hydrogens is 222 g/mol. The highest BCUT2D eigenvalue weighted by Crippen LogP contribution is 2.38. The largest absolute Gasteiger partial charge is 0.480 e. The SMILES string of the molecule is CC(C)(C)[Si](C)(C)O[C@H]1CN[C@H](C(=O)O)C1. The number of carboxylic acid groups (broad SMARTS) is 1. The van der Waals surface area contributed by atoms with E-state index in [1.807, 2.05) is 0 Å². The molecule has 16 heavy (non-hydrogen) atoms.